The molecule has 2 aromatic rings. The summed E-state index contributed by atoms with van der Waals surface area (Å²) in [5, 5.41) is 0.629. The van der Waals surface area contributed by atoms with Crippen LogP contribution in [0.1, 0.15) is 31.9 Å². The predicted octanol–water partition coefficient (Wildman–Crippen LogP) is 4.99. The van der Waals surface area contributed by atoms with Crippen molar-refractivity contribution >= 4 is 23.5 Å². The van der Waals surface area contributed by atoms with E-state index in [1.54, 1.807) is 12.3 Å². The molecule has 0 N–H and O–H groups in total. The number of halogens is 1. The van der Waals surface area contributed by atoms with Gasteiger partial charge in [0, 0.05) is 11.2 Å². The Kier molecular flexibility index (Phi) is 5.26. The van der Waals surface area contributed by atoms with E-state index in [0.29, 0.717) is 17.4 Å². The molecule has 0 atom stereocenters. The molecular formula is C18H21ClN2O2. The summed E-state index contributed by atoms with van der Waals surface area (Å²) in [7, 11) is 0. The van der Waals surface area contributed by atoms with E-state index >= 15 is 0 Å². The highest BCUT2D eigenvalue weighted by atomic mass is 35.5. The highest BCUT2D eigenvalue weighted by Gasteiger charge is 2.24. The van der Waals surface area contributed by atoms with E-state index in [9.17, 15) is 4.79 Å². The van der Waals surface area contributed by atoms with Gasteiger partial charge in [0.2, 0.25) is 0 Å². The molecule has 0 saturated heterocycles. The normalized spacial score (nSPS) is 11.2. The number of hydrogen-bond donors (Lipinski definition) is 0. The van der Waals surface area contributed by atoms with Crippen LogP contribution in [-0.2, 0) is 11.3 Å². The van der Waals surface area contributed by atoms with Crippen molar-refractivity contribution in [1.29, 1.82) is 0 Å². The number of rotatable bonds is 3. The van der Waals surface area contributed by atoms with E-state index in [2.05, 4.69) is 4.98 Å². The molecule has 0 bridgehead atoms. The maximum absolute atomic E-state index is 12.6. The molecule has 5 heteroatoms. The van der Waals surface area contributed by atoms with Crippen molar-refractivity contribution < 1.29 is 9.53 Å². The van der Waals surface area contributed by atoms with Crippen molar-refractivity contribution in [3.63, 3.8) is 0 Å². The van der Waals surface area contributed by atoms with Crippen LogP contribution in [0.3, 0.4) is 0 Å². The summed E-state index contributed by atoms with van der Waals surface area (Å²) in [6.07, 6.45) is 1.25. The van der Waals surface area contributed by atoms with Gasteiger partial charge >= 0.3 is 6.09 Å². The zero-order chi connectivity index (χ0) is 17.0. The van der Waals surface area contributed by atoms with E-state index in [0.717, 1.165) is 11.1 Å². The van der Waals surface area contributed by atoms with E-state index < -0.39 is 11.7 Å². The molecule has 0 radical (unpaired) electrons. The molecule has 0 spiro atoms. The van der Waals surface area contributed by atoms with Gasteiger partial charge in [0.25, 0.3) is 0 Å². The number of ether oxygens (including phenoxy) is 1. The van der Waals surface area contributed by atoms with Crippen LogP contribution in [0, 0.1) is 6.92 Å². The molecule has 2 rings (SSSR count). The van der Waals surface area contributed by atoms with E-state index in [-0.39, 0.29) is 0 Å². The molecule has 0 aliphatic rings. The predicted molar refractivity (Wildman–Crippen MR) is 92.8 cm³/mol. The monoisotopic (exact) mass is 332 g/mol. The summed E-state index contributed by atoms with van der Waals surface area (Å²) >= 11 is 6.04. The highest BCUT2D eigenvalue weighted by Crippen LogP contribution is 2.21. The van der Waals surface area contributed by atoms with Crippen LogP contribution in [0.15, 0.2) is 42.6 Å². The van der Waals surface area contributed by atoms with Crippen molar-refractivity contribution in [3.05, 3.63) is 58.7 Å². The number of carbonyl (C=O) groups is 1. The van der Waals surface area contributed by atoms with Crippen LogP contribution < -0.4 is 4.90 Å². The zero-order valence-corrected chi connectivity index (χ0v) is 14.6. The van der Waals surface area contributed by atoms with Crippen LogP contribution >= 0.6 is 11.6 Å². The van der Waals surface area contributed by atoms with Crippen LogP contribution in [0.4, 0.5) is 10.6 Å². The molecule has 0 aliphatic heterocycles. The van der Waals surface area contributed by atoms with Gasteiger partial charge in [-0.3, -0.25) is 4.90 Å². The van der Waals surface area contributed by atoms with Crippen molar-refractivity contribution in [1.82, 2.24) is 4.98 Å². The molecule has 122 valence electrons. The fourth-order valence-corrected chi connectivity index (χ4v) is 2.25. The van der Waals surface area contributed by atoms with E-state index in [4.69, 9.17) is 16.3 Å². The Bertz CT molecular complexity index is 695. The first kappa shape index (κ1) is 17.3. The van der Waals surface area contributed by atoms with Crippen LogP contribution in [-0.4, -0.2) is 16.7 Å². The lowest BCUT2D eigenvalue weighted by molar-refractivity contribution is 0.0576. The summed E-state index contributed by atoms with van der Waals surface area (Å²) in [6, 6.07) is 11.1. The Morgan fingerprint density at radius 2 is 2.00 bits per heavy atom. The molecule has 0 fully saturated rings. The van der Waals surface area contributed by atoms with Gasteiger partial charge in [-0.1, -0.05) is 23.7 Å². The minimum absolute atomic E-state index is 0.339. The van der Waals surface area contributed by atoms with Gasteiger partial charge in [-0.2, -0.15) is 0 Å². The lowest BCUT2D eigenvalue weighted by atomic mass is 10.2. The average molecular weight is 333 g/mol. The Balaban J connectivity index is 2.33. The quantitative estimate of drug-likeness (QED) is 0.795. The number of hydrogen-bond acceptors (Lipinski definition) is 3. The zero-order valence-electron chi connectivity index (χ0n) is 13.8. The molecule has 1 aromatic carbocycles. The van der Waals surface area contributed by atoms with E-state index in [1.165, 1.54) is 4.90 Å². The number of anilines is 1. The topological polar surface area (TPSA) is 42.4 Å². The standard InChI is InChI=1S/C18H21ClN2O2/c1-13-8-9-20-16(10-13)21(17(22)23-18(2,3)4)12-14-6-5-7-15(19)11-14/h5-11H,12H2,1-4H3. The van der Waals surface area contributed by atoms with Gasteiger partial charge in [-0.05, 0) is 63.1 Å². The number of amides is 1. The number of nitrogens with zero attached hydrogens (tertiary/aromatic N) is 2. The van der Waals surface area contributed by atoms with Crippen molar-refractivity contribution in [2.24, 2.45) is 0 Å². The number of benzene rings is 1. The summed E-state index contributed by atoms with van der Waals surface area (Å²) in [5.41, 5.74) is 1.36. The second-order valence-corrected chi connectivity index (χ2v) is 6.82. The number of carbonyl (C=O) groups excluding carboxylic acids is 1. The maximum Gasteiger partial charge on any atom is 0.416 e. The third kappa shape index (κ3) is 5.25. The first-order valence-corrected chi connectivity index (χ1v) is 7.80. The molecule has 0 unspecified atom stereocenters. The summed E-state index contributed by atoms with van der Waals surface area (Å²) in [6.45, 7) is 7.81. The van der Waals surface area contributed by atoms with Gasteiger partial charge in [-0.15, -0.1) is 0 Å². The highest BCUT2D eigenvalue weighted by molar-refractivity contribution is 6.30. The summed E-state index contributed by atoms with van der Waals surface area (Å²) in [4.78, 5) is 18.4. The van der Waals surface area contributed by atoms with Gasteiger partial charge in [0.15, 0.2) is 0 Å². The minimum atomic E-state index is -0.576. The summed E-state index contributed by atoms with van der Waals surface area (Å²) < 4.78 is 5.51. The molecule has 0 aliphatic carbocycles. The van der Waals surface area contributed by atoms with E-state index in [1.807, 2.05) is 58.0 Å². The minimum Gasteiger partial charge on any atom is -0.443 e. The third-order valence-electron chi connectivity index (χ3n) is 3.02. The Morgan fingerprint density at radius 1 is 1.26 bits per heavy atom. The molecule has 1 heterocycles. The third-order valence-corrected chi connectivity index (χ3v) is 3.26. The molecule has 4 nitrogen and oxygen atoms in total. The first-order valence-electron chi connectivity index (χ1n) is 7.42. The second kappa shape index (κ2) is 7.01. The largest absolute Gasteiger partial charge is 0.443 e. The van der Waals surface area contributed by atoms with Gasteiger partial charge < -0.3 is 4.74 Å². The van der Waals surface area contributed by atoms with Crippen molar-refractivity contribution in [2.45, 2.75) is 39.8 Å². The fourth-order valence-electron chi connectivity index (χ4n) is 2.04. The molecule has 1 aromatic heterocycles. The molecular weight excluding hydrogens is 312 g/mol. The average Bonchev–Trinajstić information content (AvgIpc) is 2.43. The van der Waals surface area contributed by atoms with Crippen molar-refractivity contribution in [3.8, 4) is 0 Å². The molecule has 1 amide bonds. The summed E-state index contributed by atoms with van der Waals surface area (Å²) in [5.74, 6) is 0.555. The number of aromatic nitrogens is 1. The van der Waals surface area contributed by atoms with Gasteiger partial charge in [0.05, 0.1) is 6.54 Å². The lowest BCUT2D eigenvalue weighted by Gasteiger charge is -2.27. The fraction of sp³-hybridized carbons (Fsp3) is 0.333. The molecule has 0 saturated carbocycles. The lowest BCUT2D eigenvalue weighted by Crippen LogP contribution is -2.37. The number of pyridine rings is 1. The molecule has 23 heavy (non-hydrogen) atoms. The van der Waals surface area contributed by atoms with Crippen LogP contribution in [0.2, 0.25) is 5.02 Å². The maximum atomic E-state index is 12.6. The van der Waals surface area contributed by atoms with Crippen LogP contribution in [0.25, 0.3) is 0 Å². The van der Waals surface area contributed by atoms with Crippen molar-refractivity contribution in [2.75, 3.05) is 4.90 Å². The SMILES string of the molecule is Cc1ccnc(N(Cc2cccc(Cl)c2)C(=O)OC(C)(C)C)c1. The smallest absolute Gasteiger partial charge is 0.416 e. The number of aryl methyl sites for hydroxylation is 1. The van der Waals surface area contributed by atoms with Gasteiger partial charge in [0.1, 0.15) is 11.4 Å². The Labute approximate surface area is 142 Å². The second-order valence-electron chi connectivity index (χ2n) is 6.39. The Hall–Kier alpha value is -2.07. The van der Waals surface area contributed by atoms with Gasteiger partial charge in [-0.25, -0.2) is 9.78 Å². The first-order chi connectivity index (χ1) is 10.7. The Morgan fingerprint density at radius 3 is 2.61 bits per heavy atom. The van der Waals surface area contributed by atoms with Crippen LogP contribution in [0.5, 0.6) is 0 Å².